The quantitative estimate of drug-likeness (QED) is 0.817. The lowest BCUT2D eigenvalue weighted by Gasteiger charge is -2.32. The Morgan fingerprint density at radius 2 is 1.68 bits per heavy atom. The predicted octanol–water partition coefficient (Wildman–Crippen LogP) is 2.31. The highest BCUT2D eigenvalue weighted by Gasteiger charge is 2.35. The number of sulfonamides is 1. The molecule has 0 saturated carbocycles. The fourth-order valence-electron chi connectivity index (χ4n) is 2.75. The first-order valence-electron chi connectivity index (χ1n) is 7.13. The standard InChI is InChI=1S/C17H17NO3S/c1-13-6-8-17(9-7-13)22(20,21)18-11-15-5-3-2-4-14(15)10-16(18)12-19/h2-9,12,16H,10-11H2,1H3. The molecule has 0 aromatic heterocycles. The Kier molecular flexibility index (Phi) is 3.85. The third-order valence-corrected chi connectivity index (χ3v) is 5.91. The van der Waals surface area contributed by atoms with E-state index in [1.54, 1.807) is 24.3 Å². The van der Waals surface area contributed by atoms with E-state index in [2.05, 4.69) is 0 Å². The van der Waals surface area contributed by atoms with Crippen molar-refractivity contribution >= 4 is 16.3 Å². The molecule has 1 heterocycles. The summed E-state index contributed by atoms with van der Waals surface area (Å²) < 4.78 is 27.0. The Hall–Kier alpha value is -1.98. The van der Waals surface area contributed by atoms with Gasteiger partial charge in [0.2, 0.25) is 10.0 Å². The molecule has 0 amide bonds. The maximum atomic E-state index is 12.8. The lowest BCUT2D eigenvalue weighted by molar-refractivity contribution is -0.111. The summed E-state index contributed by atoms with van der Waals surface area (Å²) in [6.07, 6.45) is 1.15. The number of rotatable bonds is 3. The van der Waals surface area contributed by atoms with Crippen molar-refractivity contribution in [3.05, 3.63) is 65.2 Å². The molecule has 1 atom stereocenters. The van der Waals surface area contributed by atoms with Crippen molar-refractivity contribution in [3.63, 3.8) is 0 Å². The van der Waals surface area contributed by atoms with Gasteiger partial charge >= 0.3 is 0 Å². The van der Waals surface area contributed by atoms with E-state index in [0.717, 1.165) is 23.0 Å². The van der Waals surface area contributed by atoms with Gasteiger partial charge in [-0.05, 0) is 36.6 Å². The molecule has 2 aromatic carbocycles. The molecule has 0 bridgehead atoms. The number of benzene rings is 2. The maximum Gasteiger partial charge on any atom is 0.244 e. The maximum absolute atomic E-state index is 12.8. The van der Waals surface area contributed by atoms with Crippen LogP contribution < -0.4 is 0 Å². The minimum absolute atomic E-state index is 0.226. The van der Waals surface area contributed by atoms with E-state index in [-0.39, 0.29) is 11.4 Å². The van der Waals surface area contributed by atoms with E-state index in [4.69, 9.17) is 0 Å². The van der Waals surface area contributed by atoms with Crippen LogP contribution in [-0.2, 0) is 27.8 Å². The SMILES string of the molecule is Cc1ccc(S(=O)(=O)N2Cc3ccccc3CC2C=O)cc1. The highest BCUT2D eigenvalue weighted by atomic mass is 32.2. The summed E-state index contributed by atoms with van der Waals surface area (Å²) in [6, 6.07) is 13.7. The van der Waals surface area contributed by atoms with Gasteiger partial charge in [-0.15, -0.1) is 0 Å². The van der Waals surface area contributed by atoms with Gasteiger partial charge in [0.05, 0.1) is 10.9 Å². The number of fused-ring (bicyclic) bond motifs is 1. The lowest BCUT2D eigenvalue weighted by Crippen LogP contribution is -2.45. The van der Waals surface area contributed by atoms with Crippen molar-refractivity contribution in [1.29, 1.82) is 0 Å². The zero-order chi connectivity index (χ0) is 15.7. The van der Waals surface area contributed by atoms with Gasteiger partial charge in [-0.1, -0.05) is 42.0 Å². The summed E-state index contributed by atoms with van der Waals surface area (Å²) in [6.45, 7) is 2.14. The third kappa shape index (κ3) is 2.58. The van der Waals surface area contributed by atoms with Crippen molar-refractivity contribution in [2.45, 2.75) is 30.8 Å². The van der Waals surface area contributed by atoms with Crippen LogP contribution >= 0.6 is 0 Å². The average Bonchev–Trinajstić information content (AvgIpc) is 2.54. The van der Waals surface area contributed by atoms with Crippen molar-refractivity contribution in [3.8, 4) is 0 Å². The van der Waals surface area contributed by atoms with E-state index >= 15 is 0 Å². The number of hydrogen-bond donors (Lipinski definition) is 0. The van der Waals surface area contributed by atoms with Crippen LogP contribution in [0.15, 0.2) is 53.4 Å². The van der Waals surface area contributed by atoms with Crippen molar-refractivity contribution in [2.24, 2.45) is 0 Å². The second kappa shape index (κ2) is 5.66. The number of carbonyl (C=O) groups is 1. The summed E-state index contributed by atoms with van der Waals surface area (Å²) >= 11 is 0. The zero-order valence-electron chi connectivity index (χ0n) is 12.3. The van der Waals surface area contributed by atoms with Gasteiger partial charge in [-0.3, -0.25) is 0 Å². The molecule has 0 spiro atoms. The Bertz CT molecular complexity index is 797. The summed E-state index contributed by atoms with van der Waals surface area (Å²) in [7, 11) is -3.68. The molecule has 1 unspecified atom stereocenters. The first-order chi connectivity index (χ1) is 10.5. The molecule has 1 aliphatic rings. The van der Waals surface area contributed by atoms with Crippen molar-refractivity contribution in [2.75, 3.05) is 0 Å². The van der Waals surface area contributed by atoms with Crippen LogP contribution in [0.3, 0.4) is 0 Å². The summed E-state index contributed by atoms with van der Waals surface area (Å²) in [5, 5.41) is 0. The highest BCUT2D eigenvalue weighted by Crippen LogP contribution is 2.28. The Morgan fingerprint density at radius 1 is 1.05 bits per heavy atom. The molecule has 0 fully saturated rings. The molecule has 5 heteroatoms. The van der Waals surface area contributed by atoms with Gasteiger partial charge in [-0.2, -0.15) is 4.31 Å². The Labute approximate surface area is 130 Å². The van der Waals surface area contributed by atoms with Gasteiger partial charge in [0, 0.05) is 6.54 Å². The second-order valence-corrected chi connectivity index (χ2v) is 7.43. The van der Waals surface area contributed by atoms with Gasteiger partial charge in [-0.25, -0.2) is 8.42 Å². The van der Waals surface area contributed by atoms with E-state index in [1.807, 2.05) is 31.2 Å². The minimum atomic E-state index is -3.68. The molecule has 4 nitrogen and oxygen atoms in total. The summed E-state index contributed by atoms with van der Waals surface area (Å²) in [5.74, 6) is 0. The van der Waals surface area contributed by atoms with E-state index in [0.29, 0.717) is 6.42 Å². The monoisotopic (exact) mass is 315 g/mol. The van der Waals surface area contributed by atoms with Crippen molar-refractivity contribution < 1.29 is 13.2 Å². The normalized spacial score (nSPS) is 18.7. The number of aldehydes is 1. The predicted molar refractivity (Wildman–Crippen MR) is 83.9 cm³/mol. The molecule has 0 saturated heterocycles. The Balaban J connectivity index is 2.02. The van der Waals surface area contributed by atoms with Gasteiger partial charge in [0.1, 0.15) is 6.29 Å². The average molecular weight is 315 g/mol. The molecule has 1 aliphatic heterocycles. The van der Waals surface area contributed by atoms with Crippen molar-refractivity contribution in [1.82, 2.24) is 4.31 Å². The van der Waals surface area contributed by atoms with Gasteiger partial charge < -0.3 is 4.79 Å². The smallest absolute Gasteiger partial charge is 0.244 e. The van der Waals surface area contributed by atoms with E-state index in [9.17, 15) is 13.2 Å². The van der Waals surface area contributed by atoms with Crippen LogP contribution in [0.5, 0.6) is 0 Å². The lowest BCUT2D eigenvalue weighted by atomic mass is 9.97. The second-order valence-electron chi connectivity index (χ2n) is 5.54. The van der Waals surface area contributed by atoms with Crippen LogP contribution in [0.4, 0.5) is 0 Å². The minimum Gasteiger partial charge on any atom is -0.302 e. The first-order valence-corrected chi connectivity index (χ1v) is 8.57. The molecule has 22 heavy (non-hydrogen) atoms. The van der Waals surface area contributed by atoms with Crippen LogP contribution in [0.1, 0.15) is 16.7 Å². The molecule has 114 valence electrons. The van der Waals surface area contributed by atoms with Crippen LogP contribution in [-0.4, -0.2) is 25.1 Å². The molecule has 3 rings (SSSR count). The van der Waals surface area contributed by atoms with Gasteiger partial charge in [0.25, 0.3) is 0 Å². The Morgan fingerprint density at radius 3 is 2.32 bits per heavy atom. The molecule has 0 N–H and O–H groups in total. The molecular weight excluding hydrogens is 298 g/mol. The highest BCUT2D eigenvalue weighted by molar-refractivity contribution is 7.89. The molecular formula is C17H17NO3S. The number of aryl methyl sites for hydroxylation is 1. The summed E-state index contributed by atoms with van der Waals surface area (Å²) in [5.41, 5.74) is 2.99. The topological polar surface area (TPSA) is 54.5 Å². The fraction of sp³-hybridized carbons (Fsp3) is 0.235. The first kappa shape index (κ1) is 14.9. The van der Waals surface area contributed by atoms with Gasteiger partial charge in [0.15, 0.2) is 0 Å². The molecule has 0 aliphatic carbocycles. The van der Waals surface area contributed by atoms with E-state index in [1.165, 1.54) is 4.31 Å². The number of hydrogen-bond acceptors (Lipinski definition) is 3. The van der Waals surface area contributed by atoms with Crippen LogP contribution in [0, 0.1) is 6.92 Å². The fourth-order valence-corrected chi connectivity index (χ4v) is 4.29. The zero-order valence-corrected chi connectivity index (χ0v) is 13.1. The number of nitrogens with zero attached hydrogens (tertiary/aromatic N) is 1. The third-order valence-electron chi connectivity index (χ3n) is 4.03. The number of carbonyl (C=O) groups excluding carboxylic acids is 1. The van der Waals surface area contributed by atoms with E-state index < -0.39 is 16.1 Å². The molecule has 0 radical (unpaired) electrons. The summed E-state index contributed by atoms with van der Waals surface area (Å²) in [4.78, 5) is 11.6. The largest absolute Gasteiger partial charge is 0.302 e. The van der Waals surface area contributed by atoms with Crippen LogP contribution in [0.2, 0.25) is 0 Å². The van der Waals surface area contributed by atoms with Crippen LogP contribution in [0.25, 0.3) is 0 Å². The molecule has 2 aromatic rings.